The van der Waals surface area contributed by atoms with Gasteiger partial charge in [-0.1, -0.05) is 12.1 Å². The monoisotopic (exact) mass is 324 g/mol. The van der Waals surface area contributed by atoms with Crippen LogP contribution in [0.2, 0.25) is 0 Å². The summed E-state index contributed by atoms with van der Waals surface area (Å²) in [7, 11) is 0. The Morgan fingerprint density at radius 2 is 1.96 bits per heavy atom. The van der Waals surface area contributed by atoms with Crippen LogP contribution in [-0.2, 0) is 14.3 Å². The number of hydrogen-bond acceptors (Lipinski definition) is 6. The molecule has 0 aliphatic carbocycles. The maximum atomic E-state index is 11.6. The zero-order chi connectivity index (χ0) is 17.2. The van der Waals surface area contributed by atoms with E-state index in [-0.39, 0.29) is 24.3 Å². The lowest BCUT2D eigenvalue weighted by molar-refractivity contribution is -0.383. The van der Waals surface area contributed by atoms with Gasteiger partial charge in [-0.2, -0.15) is 0 Å². The summed E-state index contributed by atoms with van der Waals surface area (Å²) in [6.45, 7) is -0.346. The largest absolute Gasteiger partial charge is 0.456 e. The topological polar surface area (TPSA) is 154 Å². The molecule has 0 saturated carbocycles. The number of primary amides is 1. The molecular weight excluding hydrogens is 308 g/mol. The maximum Gasteiger partial charge on any atom is 0.312 e. The normalized spacial score (nSPS) is 9.74. The van der Waals surface area contributed by atoms with E-state index in [1.54, 1.807) is 0 Å². The van der Waals surface area contributed by atoms with Gasteiger partial charge >= 0.3 is 12.0 Å². The Hall–Kier alpha value is -3.17. The van der Waals surface area contributed by atoms with Gasteiger partial charge in [0, 0.05) is 19.0 Å². The van der Waals surface area contributed by atoms with Crippen LogP contribution >= 0.6 is 0 Å². The summed E-state index contributed by atoms with van der Waals surface area (Å²) in [5, 5.41) is 15.4. The van der Waals surface area contributed by atoms with Gasteiger partial charge < -0.3 is 21.1 Å². The van der Waals surface area contributed by atoms with Gasteiger partial charge in [-0.25, -0.2) is 4.79 Å². The predicted molar refractivity (Wildman–Crippen MR) is 79.5 cm³/mol. The molecular formula is C13H16N4O6. The fourth-order valence-electron chi connectivity index (χ4n) is 1.59. The highest BCUT2D eigenvalue weighted by Gasteiger charge is 2.15. The molecule has 0 spiro atoms. The molecule has 0 aromatic heterocycles. The number of esters is 1. The molecule has 0 bridgehead atoms. The Bertz CT molecular complexity index is 604. The Labute approximate surface area is 131 Å². The van der Waals surface area contributed by atoms with E-state index >= 15 is 0 Å². The van der Waals surface area contributed by atoms with E-state index in [0.717, 1.165) is 0 Å². The quantitative estimate of drug-likeness (QED) is 0.274. The Balaban J connectivity index is 2.36. The molecule has 10 nitrogen and oxygen atoms in total. The summed E-state index contributed by atoms with van der Waals surface area (Å²) in [4.78, 5) is 43.6. The van der Waals surface area contributed by atoms with E-state index < -0.39 is 29.4 Å². The average molecular weight is 324 g/mol. The standard InChI is InChI=1S/C13H16N4O6/c14-13(20)15-7-3-6-12(19)23-8-11(18)16-9-4-1-2-5-10(9)17(21)22/h1-2,4-5H,3,6-8H2,(H,16,18)(H3,14,15,20). The highest BCUT2D eigenvalue weighted by Crippen LogP contribution is 2.22. The molecule has 0 fully saturated rings. The first-order chi connectivity index (χ1) is 10.9. The summed E-state index contributed by atoms with van der Waals surface area (Å²) in [6.07, 6.45) is 0.312. The highest BCUT2D eigenvalue weighted by atomic mass is 16.6. The zero-order valence-corrected chi connectivity index (χ0v) is 12.1. The number of nitro benzene ring substituents is 1. The van der Waals surface area contributed by atoms with Gasteiger partial charge in [0.1, 0.15) is 5.69 Å². The van der Waals surface area contributed by atoms with E-state index in [4.69, 9.17) is 10.5 Å². The van der Waals surface area contributed by atoms with Crippen LogP contribution in [-0.4, -0.2) is 36.0 Å². The first-order valence-electron chi connectivity index (χ1n) is 6.62. The Kier molecular flexibility index (Phi) is 6.98. The van der Waals surface area contributed by atoms with Gasteiger partial charge in [0.2, 0.25) is 0 Å². The summed E-state index contributed by atoms with van der Waals surface area (Å²) >= 11 is 0. The summed E-state index contributed by atoms with van der Waals surface area (Å²) in [5.74, 6) is -1.32. The van der Waals surface area contributed by atoms with E-state index in [1.807, 2.05) is 0 Å². The molecule has 0 atom stereocenters. The SMILES string of the molecule is NC(=O)NCCCC(=O)OCC(=O)Nc1ccccc1[N+](=O)[O-]. The Morgan fingerprint density at radius 1 is 1.26 bits per heavy atom. The predicted octanol–water partition coefficient (Wildman–Crippen LogP) is 0.525. The lowest BCUT2D eigenvalue weighted by Gasteiger charge is -2.07. The molecule has 23 heavy (non-hydrogen) atoms. The van der Waals surface area contributed by atoms with Crippen molar-refractivity contribution in [3.8, 4) is 0 Å². The third-order valence-corrected chi connectivity index (χ3v) is 2.60. The summed E-state index contributed by atoms with van der Waals surface area (Å²) in [5.41, 5.74) is 4.61. The number of para-hydroxylation sites is 2. The summed E-state index contributed by atoms with van der Waals surface area (Å²) < 4.78 is 4.72. The number of carbonyl (C=O) groups excluding carboxylic acids is 3. The molecule has 1 rings (SSSR count). The van der Waals surface area contributed by atoms with Gasteiger partial charge in [-0.15, -0.1) is 0 Å². The molecule has 0 radical (unpaired) electrons. The molecule has 0 aliphatic rings. The van der Waals surface area contributed by atoms with Crippen molar-refractivity contribution in [1.29, 1.82) is 0 Å². The van der Waals surface area contributed by atoms with Gasteiger partial charge in [-0.3, -0.25) is 19.7 Å². The molecule has 10 heteroatoms. The molecule has 0 saturated heterocycles. The van der Waals surface area contributed by atoms with Crippen molar-refractivity contribution in [1.82, 2.24) is 5.32 Å². The van der Waals surface area contributed by atoms with E-state index in [0.29, 0.717) is 6.42 Å². The van der Waals surface area contributed by atoms with Crippen molar-refractivity contribution in [2.75, 3.05) is 18.5 Å². The number of carbonyl (C=O) groups is 3. The molecule has 1 aromatic rings. The minimum absolute atomic E-state index is 0.000948. The van der Waals surface area contributed by atoms with Crippen LogP contribution in [0.4, 0.5) is 16.2 Å². The number of nitrogens with two attached hydrogens (primary N) is 1. The number of ether oxygens (including phenoxy) is 1. The first-order valence-corrected chi connectivity index (χ1v) is 6.62. The van der Waals surface area contributed by atoms with Gasteiger partial charge in [0.15, 0.2) is 6.61 Å². The third-order valence-electron chi connectivity index (χ3n) is 2.60. The average Bonchev–Trinajstić information content (AvgIpc) is 2.49. The molecule has 0 heterocycles. The number of anilines is 1. The van der Waals surface area contributed by atoms with Crippen molar-refractivity contribution in [3.05, 3.63) is 34.4 Å². The number of amides is 3. The minimum Gasteiger partial charge on any atom is -0.456 e. The zero-order valence-electron chi connectivity index (χ0n) is 12.1. The molecule has 3 amide bonds. The second kappa shape index (κ2) is 8.97. The van der Waals surface area contributed by atoms with Crippen LogP contribution in [0.25, 0.3) is 0 Å². The number of nitrogens with one attached hydrogen (secondary N) is 2. The van der Waals surface area contributed by atoms with Gasteiger partial charge in [-0.05, 0) is 12.5 Å². The number of hydrogen-bond donors (Lipinski definition) is 3. The van der Waals surface area contributed by atoms with Gasteiger partial charge in [0.05, 0.1) is 4.92 Å². The lowest BCUT2D eigenvalue weighted by Crippen LogP contribution is -2.30. The lowest BCUT2D eigenvalue weighted by atomic mass is 10.2. The van der Waals surface area contributed by atoms with Crippen molar-refractivity contribution < 1.29 is 24.0 Å². The fraction of sp³-hybridized carbons (Fsp3) is 0.308. The number of nitrogens with zero attached hydrogens (tertiary/aromatic N) is 1. The van der Waals surface area contributed by atoms with Crippen LogP contribution in [0.3, 0.4) is 0 Å². The van der Waals surface area contributed by atoms with Crippen molar-refractivity contribution in [2.45, 2.75) is 12.8 Å². The van der Waals surface area contributed by atoms with Crippen LogP contribution < -0.4 is 16.4 Å². The second-order valence-electron chi connectivity index (χ2n) is 4.38. The highest BCUT2D eigenvalue weighted by molar-refractivity contribution is 5.94. The molecule has 124 valence electrons. The maximum absolute atomic E-state index is 11.6. The van der Waals surface area contributed by atoms with Crippen molar-refractivity contribution in [2.24, 2.45) is 5.73 Å². The third kappa shape index (κ3) is 6.89. The van der Waals surface area contributed by atoms with Crippen LogP contribution in [0, 0.1) is 10.1 Å². The van der Waals surface area contributed by atoms with Crippen molar-refractivity contribution >= 4 is 29.3 Å². The summed E-state index contributed by atoms with van der Waals surface area (Å²) in [6, 6.07) is 4.91. The van der Waals surface area contributed by atoms with Gasteiger partial charge in [0.25, 0.3) is 11.6 Å². The second-order valence-corrected chi connectivity index (χ2v) is 4.38. The molecule has 1 aromatic carbocycles. The minimum atomic E-state index is -0.692. The number of rotatable bonds is 8. The Morgan fingerprint density at radius 3 is 2.61 bits per heavy atom. The van der Waals surface area contributed by atoms with Crippen LogP contribution in [0.1, 0.15) is 12.8 Å². The van der Waals surface area contributed by atoms with Crippen LogP contribution in [0.15, 0.2) is 24.3 Å². The smallest absolute Gasteiger partial charge is 0.312 e. The van der Waals surface area contributed by atoms with E-state index in [1.165, 1.54) is 24.3 Å². The fourth-order valence-corrected chi connectivity index (χ4v) is 1.59. The molecule has 0 unspecified atom stereocenters. The van der Waals surface area contributed by atoms with Crippen LogP contribution in [0.5, 0.6) is 0 Å². The van der Waals surface area contributed by atoms with E-state index in [2.05, 4.69) is 10.6 Å². The first kappa shape index (κ1) is 17.9. The number of benzene rings is 1. The van der Waals surface area contributed by atoms with E-state index in [9.17, 15) is 24.5 Å². The number of urea groups is 1. The van der Waals surface area contributed by atoms with Crippen molar-refractivity contribution in [3.63, 3.8) is 0 Å². The molecule has 0 aliphatic heterocycles. The number of nitro groups is 1. The molecule has 4 N–H and O–H groups in total.